The molecule has 2 N–H and O–H groups in total. The molecule has 1 heterocycles. The zero-order valence-corrected chi connectivity index (χ0v) is 14.8. The molecule has 0 aliphatic heterocycles. The number of hydrogen-bond donors (Lipinski definition) is 2. The molecule has 1 aromatic heterocycles. The van der Waals surface area contributed by atoms with E-state index in [1.54, 1.807) is 0 Å². The Kier molecular flexibility index (Phi) is 5.00. The third kappa shape index (κ3) is 3.22. The van der Waals surface area contributed by atoms with Gasteiger partial charge in [-0.2, -0.15) is 5.10 Å². The molecule has 3 rings (SSSR count). The standard InChI is InChI=1S/C19H26N4O/c1-4-20-10-11-21-19(24)18-15-6-5-7-17(15)23(22-18)16-9-8-13(2)12-14(16)3/h8-9,12,20H,4-7,10-11H2,1-3H3,(H,21,24). The summed E-state index contributed by atoms with van der Waals surface area (Å²) in [6.45, 7) is 8.56. The van der Waals surface area contributed by atoms with E-state index in [0.29, 0.717) is 12.2 Å². The molecule has 1 aliphatic carbocycles. The van der Waals surface area contributed by atoms with Gasteiger partial charge in [0.25, 0.3) is 5.91 Å². The van der Waals surface area contributed by atoms with Crippen molar-refractivity contribution in [2.75, 3.05) is 19.6 Å². The number of amides is 1. The van der Waals surface area contributed by atoms with Crippen LogP contribution in [0.3, 0.4) is 0 Å². The second-order valence-corrected chi connectivity index (χ2v) is 6.44. The second-order valence-electron chi connectivity index (χ2n) is 6.44. The highest BCUT2D eigenvalue weighted by molar-refractivity contribution is 5.94. The third-order valence-corrected chi connectivity index (χ3v) is 4.56. The highest BCUT2D eigenvalue weighted by Crippen LogP contribution is 2.29. The Bertz CT molecular complexity index is 748. The zero-order valence-electron chi connectivity index (χ0n) is 14.8. The number of carbonyl (C=O) groups is 1. The Morgan fingerprint density at radius 2 is 2.08 bits per heavy atom. The summed E-state index contributed by atoms with van der Waals surface area (Å²) in [5, 5.41) is 10.9. The number of fused-ring (bicyclic) bond motifs is 1. The number of benzene rings is 1. The molecule has 0 spiro atoms. The summed E-state index contributed by atoms with van der Waals surface area (Å²) in [4.78, 5) is 12.5. The van der Waals surface area contributed by atoms with Gasteiger partial charge in [0.2, 0.25) is 0 Å². The highest BCUT2D eigenvalue weighted by atomic mass is 16.1. The molecule has 1 amide bonds. The van der Waals surface area contributed by atoms with Crippen LogP contribution in [0.15, 0.2) is 18.2 Å². The molecule has 0 radical (unpaired) electrons. The molecule has 1 aromatic carbocycles. The first kappa shape index (κ1) is 16.7. The quantitative estimate of drug-likeness (QED) is 0.801. The van der Waals surface area contributed by atoms with Gasteiger partial charge >= 0.3 is 0 Å². The van der Waals surface area contributed by atoms with Gasteiger partial charge in [-0.1, -0.05) is 24.6 Å². The maximum Gasteiger partial charge on any atom is 0.272 e. The lowest BCUT2D eigenvalue weighted by molar-refractivity contribution is 0.0947. The van der Waals surface area contributed by atoms with Crippen LogP contribution in [0, 0.1) is 13.8 Å². The van der Waals surface area contributed by atoms with Crippen LogP contribution < -0.4 is 10.6 Å². The molecule has 0 atom stereocenters. The van der Waals surface area contributed by atoms with Crippen LogP contribution in [-0.2, 0) is 12.8 Å². The molecule has 5 nitrogen and oxygen atoms in total. The first-order valence-corrected chi connectivity index (χ1v) is 8.79. The minimum Gasteiger partial charge on any atom is -0.349 e. The Balaban J connectivity index is 1.89. The van der Waals surface area contributed by atoms with Crippen LogP contribution in [0.4, 0.5) is 0 Å². The van der Waals surface area contributed by atoms with E-state index in [1.807, 2.05) is 4.68 Å². The number of likely N-dealkylation sites (N-methyl/N-ethyl adjacent to an activating group) is 1. The number of aryl methyl sites for hydroxylation is 2. The topological polar surface area (TPSA) is 58.9 Å². The van der Waals surface area contributed by atoms with E-state index in [2.05, 4.69) is 54.7 Å². The molecule has 0 fully saturated rings. The summed E-state index contributed by atoms with van der Waals surface area (Å²) in [5.74, 6) is -0.0606. The number of nitrogens with one attached hydrogen (secondary N) is 2. The van der Waals surface area contributed by atoms with E-state index in [-0.39, 0.29) is 5.91 Å². The maximum atomic E-state index is 12.5. The number of rotatable bonds is 6. The van der Waals surface area contributed by atoms with Gasteiger partial charge in [-0.05, 0) is 51.3 Å². The van der Waals surface area contributed by atoms with Crippen molar-refractivity contribution in [1.82, 2.24) is 20.4 Å². The van der Waals surface area contributed by atoms with Crippen molar-refractivity contribution < 1.29 is 4.79 Å². The van der Waals surface area contributed by atoms with Crippen LogP contribution in [0.5, 0.6) is 0 Å². The summed E-state index contributed by atoms with van der Waals surface area (Å²) in [6.07, 6.45) is 3.02. The van der Waals surface area contributed by atoms with Crippen molar-refractivity contribution >= 4 is 5.91 Å². The number of hydrogen-bond acceptors (Lipinski definition) is 3. The van der Waals surface area contributed by atoms with E-state index in [0.717, 1.165) is 43.6 Å². The minimum absolute atomic E-state index is 0.0606. The molecule has 0 saturated heterocycles. The minimum atomic E-state index is -0.0606. The first-order valence-electron chi connectivity index (χ1n) is 8.79. The van der Waals surface area contributed by atoms with Crippen molar-refractivity contribution in [1.29, 1.82) is 0 Å². The fraction of sp³-hybridized carbons (Fsp3) is 0.474. The molecular formula is C19H26N4O. The predicted octanol–water partition coefficient (Wildman–Crippen LogP) is 2.32. The van der Waals surface area contributed by atoms with Crippen LogP contribution in [0.2, 0.25) is 0 Å². The van der Waals surface area contributed by atoms with Crippen molar-refractivity contribution in [2.45, 2.75) is 40.0 Å². The lowest BCUT2D eigenvalue weighted by atomic mass is 10.1. The van der Waals surface area contributed by atoms with Gasteiger partial charge in [0.15, 0.2) is 5.69 Å². The molecule has 1 aliphatic rings. The Labute approximate surface area is 143 Å². The fourth-order valence-electron chi connectivity index (χ4n) is 3.39. The second kappa shape index (κ2) is 7.18. The Morgan fingerprint density at radius 3 is 2.83 bits per heavy atom. The molecular weight excluding hydrogens is 300 g/mol. The van der Waals surface area contributed by atoms with Crippen molar-refractivity contribution in [2.24, 2.45) is 0 Å². The van der Waals surface area contributed by atoms with E-state index < -0.39 is 0 Å². The molecule has 24 heavy (non-hydrogen) atoms. The maximum absolute atomic E-state index is 12.5. The van der Waals surface area contributed by atoms with E-state index in [4.69, 9.17) is 0 Å². The van der Waals surface area contributed by atoms with Gasteiger partial charge < -0.3 is 10.6 Å². The highest BCUT2D eigenvalue weighted by Gasteiger charge is 2.27. The van der Waals surface area contributed by atoms with Crippen molar-refractivity contribution in [3.63, 3.8) is 0 Å². The first-order chi connectivity index (χ1) is 11.6. The summed E-state index contributed by atoms with van der Waals surface area (Å²) >= 11 is 0. The average Bonchev–Trinajstić information content (AvgIpc) is 3.14. The monoisotopic (exact) mass is 326 g/mol. The fourth-order valence-corrected chi connectivity index (χ4v) is 3.39. The SMILES string of the molecule is CCNCCNC(=O)c1nn(-c2ccc(C)cc2C)c2c1CCC2. The number of nitrogens with zero attached hydrogens (tertiary/aromatic N) is 2. The molecule has 0 unspecified atom stereocenters. The number of carbonyl (C=O) groups excluding carboxylic acids is 1. The van der Waals surface area contributed by atoms with Crippen molar-refractivity contribution in [3.8, 4) is 5.69 Å². The number of aromatic nitrogens is 2. The summed E-state index contributed by atoms with van der Waals surface area (Å²) in [5.41, 5.74) is 6.41. The molecule has 0 bridgehead atoms. The van der Waals surface area contributed by atoms with Crippen LogP contribution >= 0.6 is 0 Å². The Hall–Kier alpha value is -2.14. The van der Waals surface area contributed by atoms with Gasteiger partial charge in [0.1, 0.15) is 0 Å². The van der Waals surface area contributed by atoms with Crippen LogP contribution in [-0.4, -0.2) is 35.3 Å². The van der Waals surface area contributed by atoms with Gasteiger partial charge in [-0.15, -0.1) is 0 Å². The molecule has 0 saturated carbocycles. The van der Waals surface area contributed by atoms with E-state index in [1.165, 1.54) is 16.8 Å². The zero-order chi connectivity index (χ0) is 17.1. The smallest absolute Gasteiger partial charge is 0.272 e. The van der Waals surface area contributed by atoms with Gasteiger partial charge in [0, 0.05) is 24.3 Å². The van der Waals surface area contributed by atoms with Gasteiger partial charge in [0.05, 0.1) is 5.69 Å². The summed E-state index contributed by atoms with van der Waals surface area (Å²) < 4.78 is 1.98. The Morgan fingerprint density at radius 1 is 1.25 bits per heavy atom. The third-order valence-electron chi connectivity index (χ3n) is 4.56. The summed E-state index contributed by atoms with van der Waals surface area (Å²) in [6, 6.07) is 6.36. The van der Waals surface area contributed by atoms with Crippen LogP contribution in [0.1, 0.15) is 46.2 Å². The largest absolute Gasteiger partial charge is 0.349 e. The van der Waals surface area contributed by atoms with Crippen LogP contribution in [0.25, 0.3) is 5.69 Å². The lowest BCUT2D eigenvalue weighted by Gasteiger charge is -2.10. The summed E-state index contributed by atoms with van der Waals surface area (Å²) in [7, 11) is 0. The molecule has 128 valence electrons. The van der Waals surface area contributed by atoms with E-state index >= 15 is 0 Å². The van der Waals surface area contributed by atoms with Gasteiger partial charge in [-0.25, -0.2) is 4.68 Å². The lowest BCUT2D eigenvalue weighted by Crippen LogP contribution is -2.32. The van der Waals surface area contributed by atoms with Crippen molar-refractivity contribution in [3.05, 3.63) is 46.3 Å². The predicted molar refractivity (Wildman–Crippen MR) is 95.9 cm³/mol. The van der Waals surface area contributed by atoms with E-state index in [9.17, 15) is 4.79 Å². The molecule has 2 aromatic rings. The average molecular weight is 326 g/mol. The van der Waals surface area contributed by atoms with Gasteiger partial charge in [-0.3, -0.25) is 4.79 Å². The normalized spacial score (nSPS) is 13.1. The molecule has 5 heteroatoms.